The van der Waals surface area contributed by atoms with Crippen molar-refractivity contribution in [2.75, 3.05) is 0 Å². The minimum Gasteiger partial charge on any atom is -0.478 e. The molecule has 2 aromatic rings. The number of carbonyl (C=O) groups is 1. The molecule has 0 bridgehead atoms. The predicted molar refractivity (Wildman–Crippen MR) is 71.2 cm³/mol. The van der Waals surface area contributed by atoms with Crippen molar-refractivity contribution in [3.05, 3.63) is 57.8 Å². The second-order valence-corrected chi connectivity index (χ2v) is 4.69. The highest BCUT2D eigenvalue weighted by Gasteiger charge is 2.11. The topological polar surface area (TPSA) is 61.1 Å². The first-order valence-electron chi connectivity index (χ1n) is 5.25. The quantitative estimate of drug-likeness (QED) is 0.915. The summed E-state index contributed by atoms with van der Waals surface area (Å²) in [5.74, 6) is -1.61. The van der Waals surface area contributed by atoms with E-state index in [-0.39, 0.29) is 11.1 Å². The van der Waals surface area contributed by atoms with Gasteiger partial charge in [-0.25, -0.2) is 9.18 Å². The Kier molecular flexibility index (Phi) is 3.63. The van der Waals surface area contributed by atoms with E-state index in [0.29, 0.717) is 15.6 Å². The monoisotopic (exact) mass is 319 g/mol. The number of aromatic carboxylic acids is 1. The van der Waals surface area contributed by atoms with Gasteiger partial charge in [0.15, 0.2) is 0 Å². The van der Waals surface area contributed by atoms with Crippen LogP contribution in [-0.2, 0) is 0 Å². The van der Waals surface area contributed by atoms with Crippen LogP contribution in [0.2, 0.25) is 0 Å². The van der Waals surface area contributed by atoms with Crippen LogP contribution in [0.25, 0.3) is 11.1 Å². The molecule has 0 aliphatic rings. The fourth-order valence-corrected chi connectivity index (χ4v) is 2.11. The van der Waals surface area contributed by atoms with Crippen LogP contribution in [0.5, 0.6) is 0 Å². The molecule has 94 valence electrons. The second-order valence-electron chi connectivity index (χ2n) is 3.84. The van der Waals surface area contributed by atoms with Gasteiger partial charge in [-0.3, -0.25) is 0 Å². The van der Waals surface area contributed by atoms with Gasteiger partial charge in [0.1, 0.15) is 5.82 Å². The maximum absolute atomic E-state index is 13.4. The molecule has 0 heterocycles. The predicted octanol–water partition coefficient (Wildman–Crippen LogP) is 3.83. The van der Waals surface area contributed by atoms with Crippen molar-refractivity contribution in [2.24, 2.45) is 0 Å². The summed E-state index contributed by atoms with van der Waals surface area (Å²) in [6.07, 6.45) is 0. The Hall–Kier alpha value is -2.19. The number of nitriles is 1. The Morgan fingerprint density at radius 2 is 1.95 bits per heavy atom. The molecule has 1 N–H and O–H groups in total. The molecular formula is C14H7BrFNO2. The van der Waals surface area contributed by atoms with E-state index in [9.17, 15) is 9.18 Å². The van der Waals surface area contributed by atoms with Crippen LogP contribution in [0.3, 0.4) is 0 Å². The lowest BCUT2D eigenvalue weighted by Crippen LogP contribution is -1.98. The van der Waals surface area contributed by atoms with E-state index >= 15 is 0 Å². The molecule has 5 heteroatoms. The molecule has 3 nitrogen and oxygen atoms in total. The van der Waals surface area contributed by atoms with Crippen LogP contribution in [0.1, 0.15) is 15.9 Å². The summed E-state index contributed by atoms with van der Waals surface area (Å²) in [7, 11) is 0. The van der Waals surface area contributed by atoms with Gasteiger partial charge in [0.2, 0.25) is 0 Å². The third kappa shape index (κ3) is 2.80. The molecule has 2 aromatic carbocycles. The maximum Gasteiger partial charge on any atom is 0.336 e. The largest absolute Gasteiger partial charge is 0.478 e. The molecule has 0 aliphatic heterocycles. The Morgan fingerprint density at radius 1 is 1.21 bits per heavy atom. The van der Waals surface area contributed by atoms with Gasteiger partial charge in [-0.05, 0) is 57.4 Å². The van der Waals surface area contributed by atoms with Crippen LogP contribution in [0, 0.1) is 17.1 Å². The third-order valence-electron chi connectivity index (χ3n) is 2.56. The first kappa shape index (κ1) is 13.2. The van der Waals surface area contributed by atoms with Gasteiger partial charge < -0.3 is 5.11 Å². The SMILES string of the molecule is N#Cc1cc(F)cc(-c2ccc(Br)c(C(=O)O)c2)c1. The lowest BCUT2D eigenvalue weighted by atomic mass is 10.0. The summed E-state index contributed by atoms with van der Waals surface area (Å²) < 4.78 is 13.8. The first-order valence-corrected chi connectivity index (χ1v) is 6.04. The van der Waals surface area contributed by atoms with E-state index in [1.54, 1.807) is 12.1 Å². The molecule has 19 heavy (non-hydrogen) atoms. The van der Waals surface area contributed by atoms with Gasteiger partial charge in [0.05, 0.1) is 17.2 Å². The zero-order valence-electron chi connectivity index (χ0n) is 9.52. The summed E-state index contributed by atoms with van der Waals surface area (Å²) in [5, 5.41) is 17.8. The molecule has 0 amide bonds. The van der Waals surface area contributed by atoms with Crippen molar-refractivity contribution in [2.45, 2.75) is 0 Å². The number of carboxylic acid groups (broad SMARTS) is 1. The van der Waals surface area contributed by atoms with E-state index in [0.717, 1.165) is 6.07 Å². The highest BCUT2D eigenvalue weighted by atomic mass is 79.9. The summed E-state index contributed by atoms with van der Waals surface area (Å²) in [4.78, 5) is 11.0. The van der Waals surface area contributed by atoms with Gasteiger partial charge in [-0.1, -0.05) is 6.07 Å². The van der Waals surface area contributed by atoms with E-state index in [1.165, 1.54) is 18.2 Å². The molecule has 0 spiro atoms. The van der Waals surface area contributed by atoms with Crippen molar-refractivity contribution in [1.29, 1.82) is 5.26 Å². The van der Waals surface area contributed by atoms with Crippen LogP contribution in [0.4, 0.5) is 4.39 Å². The second kappa shape index (κ2) is 5.21. The van der Waals surface area contributed by atoms with Crippen LogP contribution in [-0.4, -0.2) is 11.1 Å². The number of benzene rings is 2. The molecule has 0 fully saturated rings. The smallest absolute Gasteiger partial charge is 0.336 e. The highest BCUT2D eigenvalue weighted by molar-refractivity contribution is 9.10. The van der Waals surface area contributed by atoms with Crippen molar-refractivity contribution in [3.63, 3.8) is 0 Å². The number of hydrogen-bond donors (Lipinski definition) is 1. The number of hydrogen-bond acceptors (Lipinski definition) is 2. The molecule has 2 rings (SSSR count). The van der Waals surface area contributed by atoms with E-state index in [1.807, 2.05) is 6.07 Å². The van der Waals surface area contributed by atoms with E-state index < -0.39 is 11.8 Å². The van der Waals surface area contributed by atoms with Gasteiger partial charge >= 0.3 is 5.97 Å². The fourth-order valence-electron chi connectivity index (χ4n) is 1.69. The average molecular weight is 320 g/mol. The fraction of sp³-hybridized carbons (Fsp3) is 0. The number of rotatable bonds is 2. The minimum absolute atomic E-state index is 0.0836. The molecule has 0 saturated carbocycles. The first-order chi connectivity index (χ1) is 9.01. The summed E-state index contributed by atoms with van der Waals surface area (Å²) in [6, 6.07) is 10.4. The zero-order valence-corrected chi connectivity index (χ0v) is 11.1. The molecule has 0 atom stereocenters. The Bertz CT molecular complexity index is 707. The van der Waals surface area contributed by atoms with Crippen molar-refractivity contribution < 1.29 is 14.3 Å². The summed E-state index contributed by atoms with van der Waals surface area (Å²) in [5.41, 5.74) is 1.28. The number of halogens is 2. The maximum atomic E-state index is 13.4. The van der Waals surface area contributed by atoms with Gasteiger partial charge in [0.25, 0.3) is 0 Å². The molecular weight excluding hydrogens is 313 g/mol. The molecule has 0 unspecified atom stereocenters. The van der Waals surface area contributed by atoms with E-state index in [4.69, 9.17) is 10.4 Å². The van der Waals surface area contributed by atoms with Crippen molar-refractivity contribution in [3.8, 4) is 17.2 Å². The molecule has 0 saturated heterocycles. The van der Waals surface area contributed by atoms with Gasteiger partial charge in [-0.15, -0.1) is 0 Å². The molecule has 0 aliphatic carbocycles. The van der Waals surface area contributed by atoms with Gasteiger partial charge in [0, 0.05) is 4.47 Å². The van der Waals surface area contributed by atoms with Crippen LogP contribution < -0.4 is 0 Å². The minimum atomic E-state index is -1.08. The highest BCUT2D eigenvalue weighted by Crippen LogP contribution is 2.27. The molecule has 0 radical (unpaired) electrons. The molecule has 0 aromatic heterocycles. The van der Waals surface area contributed by atoms with E-state index in [2.05, 4.69) is 15.9 Å². The summed E-state index contributed by atoms with van der Waals surface area (Å²) in [6.45, 7) is 0. The van der Waals surface area contributed by atoms with Crippen LogP contribution in [0.15, 0.2) is 40.9 Å². The van der Waals surface area contributed by atoms with Gasteiger partial charge in [-0.2, -0.15) is 5.26 Å². The normalized spacial score (nSPS) is 9.95. The van der Waals surface area contributed by atoms with Crippen LogP contribution >= 0.6 is 15.9 Å². The Labute approximate surface area is 117 Å². The summed E-state index contributed by atoms with van der Waals surface area (Å²) >= 11 is 3.14. The Balaban J connectivity index is 2.60. The lowest BCUT2D eigenvalue weighted by molar-refractivity contribution is 0.0696. The standard InChI is InChI=1S/C14H7BrFNO2/c15-13-2-1-9(6-12(13)14(18)19)10-3-8(7-17)4-11(16)5-10/h1-6H,(H,18,19). The lowest BCUT2D eigenvalue weighted by Gasteiger charge is -2.06. The number of nitrogens with zero attached hydrogens (tertiary/aromatic N) is 1. The van der Waals surface area contributed by atoms with Crippen molar-refractivity contribution >= 4 is 21.9 Å². The Morgan fingerprint density at radius 3 is 2.58 bits per heavy atom. The third-order valence-corrected chi connectivity index (χ3v) is 3.25. The zero-order chi connectivity index (χ0) is 14.0. The van der Waals surface area contributed by atoms with Crippen molar-refractivity contribution in [1.82, 2.24) is 0 Å². The average Bonchev–Trinajstić information content (AvgIpc) is 2.38. The number of carboxylic acids is 1.